The third kappa shape index (κ3) is 2.81. The highest BCUT2D eigenvalue weighted by molar-refractivity contribution is 5.45. The molecule has 0 amide bonds. The fourth-order valence-corrected chi connectivity index (χ4v) is 1.65. The van der Waals surface area contributed by atoms with Gasteiger partial charge in [-0.3, -0.25) is 0 Å². The number of rotatable bonds is 5. The molecule has 0 aliphatic heterocycles. The average Bonchev–Trinajstić information content (AvgIpc) is 2.52. The maximum atomic E-state index is 14.1. The second-order valence-electron chi connectivity index (χ2n) is 3.84. The van der Waals surface area contributed by atoms with Gasteiger partial charge in [0.1, 0.15) is 0 Å². The minimum atomic E-state index is -1.07. The monoisotopic (exact) mass is 297 g/mol. The minimum Gasteiger partial charge on any atom is -0.493 e. The van der Waals surface area contributed by atoms with Crippen molar-refractivity contribution in [3.8, 4) is 29.0 Å². The van der Waals surface area contributed by atoms with Gasteiger partial charge in [-0.1, -0.05) is 12.1 Å². The van der Waals surface area contributed by atoms with Gasteiger partial charge in [0.25, 0.3) is 11.8 Å². The van der Waals surface area contributed by atoms with Crippen LogP contribution in [-0.2, 0) is 0 Å². The average molecular weight is 297 g/mol. The van der Waals surface area contributed by atoms with E-state index in [0.717, 1.165) is 0 Å². The van der Waals surface area contributed by atoms with Gasteiger partial charge in [-0.15, -0.1) is 0 Å². The van der Waals surface area contributed by atoms with Crippen LogP contribution in [0.15, 0.2) is 24.3 Å². The second-order valence-corrected chi connectivity index (χ2v) is 3.84. The highest BCUT2D eigenvalue weighted by Crippen LogP contribution is 2.38. The highest BCUT2D eigenvalue weighted by atomic mass is 19.1. The van der Waals surface area contributed by atoms with Crippen molar-refractivity contribution in [1.82, 2.24) is 4.98 Å². The van der Waals surface area contributed by atoms with Crippen LogP contribution < -0.4 is 18.9 Å². The van der Waals surface area contributed by atoms with Crippen molar-refractivity contribution in [3.05, 3.63) is 35.9 Å². The van der Waals surface area contributed by atoms with Gasteiger partial charge in [-0.25, -0.2) is 0 Å². The van der Waals surface area contributed by atoms with Gasteiger partial charge in [0, 0.05) is 0 Å². The van der Waals surface area contributed by atoms with Crippen molar-refractivity contribution >= 4 is 0 Å². The van der Waals surface area contributed by atoms with E-state index in [9.17, 15) is 8.78 Å². The molecule has 0 N–H and O–H groups in total. The van der Waals surface area contributed by atoms with Gasteiger partial charge in [0.15, 0.2) is 11.5 Å². The topological polar surface area (TPSA) is 49.8 Å². The quantitative estimate of drug-likeness (QED) is 0.848. The molecule has 2 rings (SSSR count). The SMILES string of the molecule is COc1ccccc1Oc1c(F)c(OC)nc(OC)c1F. The van der Waals surface area contributed by atoms with E-state index in [1.165, 1.54) is 27.4 Å². The molecular formula is C14H13F2NO4. The van der Waals surface area contributed by atoms with E-state index in [1.807, 2.05) is 0 Å². The summed E-state index contributed by atoms with van der Waals surface area (Å²) < 4.78 is 48.0. The first-order chi connectivity index (χ1) is 10.1. The number of para-hydroxylation sites is 2. The molecule has 0 spiro atoms. The fraction of sp³-hybridized carbons (Fsp3) is 0.214. The van der Waals surface area contributed by atoms with Crippen molar-refractivity contribution in [3.63, 3.8) is 0 Å². The number of aromatic nitrogens is 1. The molecule has 0 aliphatic rings. The van der Waals surface area contributed by atoms with E-state index in [0.29, 0.717) is 5.75 Å². The van der Waals surface area contributed by atoms with E-state index >= 15 is 0 Å². The number of ether oxygens (including phenoxy) is 4. The van der Waals surface area contributed by atoms with Crippen molar-refractivity contribution in [2.45, 2.75) is 0 Å². The van der Waals surface area contributed by atoms with E-state index in [4.69, 9.17) is 18.9 Å². The lowest BCUT2D eigenvalue weighted by molar-refractivity contribution is 0.301. The van der Waals surface area contributed by atoms with Crippen molar-refractivity contribution in [2.24, 2.45) is 0 Å². The molecule has 0 radical (unpaired) electrons. The Morgan fingerprint density at radius 3 is 1.81 bits per heavy atom. The van der Waals surface area contributed by atoms with Gasteiger partial charge in [0.05, 0.1) is 21.3 Å². The molecule has 21 heavy (non-hydrogen) atoms. The molecule has 0 unspecified atom stereocenters. The Kier molecular flexibility index (Phi) is 4.42. The van der Waals surface area contributed by atoms with Gasteiger partial charge in [-0.05, 0) is 12.1 Å². The van der Waals surface area contributed by atoms with Crippen LogP contribution in [0.5, 0.6) is 29.0 Å². The normalized spacial score (nSPS) is 10.1. The van der Waals surface area contributed by atoms with Crippen LogP contribution in [0.1, 0.15) is 0 Å². The number of pyridine rings is 1. The molecule has 0 aliphatic carbocycles. The van der Waals surface area contributed by atoms with Gasteiger partial charge in [-0.2, -0.15) is 13.8 Å². The van der Waals surface area contributed by atoms with Crippen molar-refractivity contribution in [1.29, 1.82) is 0 Å². The van der Waals surface area contributed by atoms with Crippen molar-refractivity contribution in [2.75, 3.05) is 21.3 Å². The molecule has 0 atom stereocenters. The number of halogens is 2. The van der Waals surface area contributed by atoms with Crippen LogP contribution in [0.25, 0.3) is 0 Å². The summed E-state index contributed by atoms with van der Waals surface area (Å²) in [6.45, 7) is 0. The third-order valence-electron chi connectivity index (χ3n) is 2.65. The molecule has 0 fully saturated rings. The van der Waals surface area contributed by atoms with Crippen LogP contribution in [0.3, 0.4) is 0 Å². The Labute approximate surface area is 120 Å². The van der Waals surface area contributed by atoms with Crippen LogP contribution in [0.2, 0.25) is 0 Å². The minimum absolute atomic E-state index is 0.146. The zero-order chi connectivity index (χ0) is 15.4. The molecule has 7 heteroatoms. The Hall–Kier alpha value is -2.57. The number of methoxy groups -OCH3 is 3. The van der Waals surface area contributed by atoms with Crippen LogP contribution >= 0.6 is 0 Å². The lowest BCUT2D eigenvalue weighted by atomic mass is 10.3. The maximum absolute atomic E-state index is 14.1. The lowest BCUT2D eigenvalue weighted by Crippen LogP contribution is -2.03. The summed E-state index contributed by atoms with van der Waals surface area (Å²) in [4.78, 5) is 3.55. The number of benzene rings is 1. The summed E-state index contributed by atoms with van der Waals surface area (Å²) in [7, 11) is 3.83. The molecule has 0 bridgehead atoms. The van der Waals surface area contributed by atoms with Crippen LogP contribution in [-0.4, -0.2) is 26.3 Å². The number of nitrogens with zero attached hydrogens (tertiary/aromatic N) is 1. The first kappa shape index (κ1) is 14.8. The van der Waals surface area contributed by atoms with Gasteiger partial charge < -0.3 is 18.9 Å². The molecule has 2 aromatic rings. The second kappa shape index (κ2) is 6.25. The predicted octanol–water partition coefficient (Wildman–Crippen LogP) is 3.18. The Morgan fingerprint density at radius 1 is 0.810 bits per heavy atom. The summed E-state index contributed by atoms with van der Waals surface area (Å²) in [6.07, 6.45) is 0. The van der Waals surface area contributed by atoms with Crippen LogP contribution in [0, 0.1) is 11.6 Å². The first-order valence-electron chi connectivity index (χ1n) is 5.90. The zero-order valence-corrected chi connectivity index (χ0v) is 11.6. The Balaban J connectivity index is 2.53. The molecule has 1 heterocycles. The summed E-state index contributed by atoms with van der Waals surface area (Å²) in [5, 5.41) is 0. The number of hydrogen-bond donors (Lipinski definition) is 0. The van der Waals surface area contributed by atoms with Gasteiger partial charge >= 0.3 is 0 Å². The lowest BCUT2D eigenvalue weighted by Gasteiger charge is -2.13. The van der Waals surface area contributed by atoms with Crippen LogP contribution in [0.4, 0.5) is 8.78 Å². The summed E-state index contributed by atoms with van der Waals surface area (Å²) in [5.74, 6) is -3.21. The molecule has 1 aromatic heterocycles. The van der Waals surface area contributed by atoms with E-state index < -0.39 is 29.1 Å². The maximum Gasteiger partial charge on any atom is 0.257 e. The molecule has 1 aromatic carbocycles. The Morgan fingerprint density at radius 2 is 1.33 bits per heavy atom. The largest absolute Gasteiger partial charge is 0.493 e. The fourth-order valence-electron chi connectivity index (χ4n) is 1.65. The third-order valence-corrected chi connectivity index (χ3v) is 2.65. The zero-order valence-electron chi connectivity index (χ0n) is 11.6. The molecule has 0 saturated heterocycles. The smallest absolute Gasteiger partial charge is 0.257 e. The Bertz CT molecular complexity index is 621. The van der Waals surface area contributed by atoms with E-state index in [1.54, 1.807) is 18.2 Å². The summed E-state index contributed by atoms with van der Waals surface area (Å²) >= 11 is 0. The van der Waals surface area contributed by atoms with E-state index in [-0.39, 0.29) is 5.75 Å². The summed E-state index contributed by atoms with van der Waals surface area (Å²) in [5.41, 5.74) is 0. The molecule has 0 saturated carbocycles. The standard InChI is InChI=1S/C14H13F2NO4/c1-18-8-6-4-5-7-9(8)21-12-10(15)13(19-2)17-14(20-3)11(12)16/h4-7H,1-3H3. The molecular weight excluding hydrogens is 284 g/mol. The molecule has 5 nitrogen and oxygen atoms in total. The van der Waals surface area contributed by atoms with Crippen molar-refractivity contribution < 1.29 is 27.7 Å². The van der Waals surface area contributed by atoms with Gasteiger partial charge in [0.2, 0.25) is 17.4 Å². The first-order valence-corrected chi connectivity index (χ1v) is 5.90. The highest BCUT2D eigenvalue weighted by Gasteiger charge is 2.24. The molecule has 112 valence electrons. The number of hydrogen-bond acceptors (Lipinski definition) is 5. The summed E-state index contributed by atoms with van der Waals surface area (Å²) in [6, 6.07) is 6.45. The van der Waals surface area contributed by atoms with E-state index in [2.05, 4.69) is 4.98 Å². The predicted molar refractivity (Wildman–Crippen MR) is 70.3 cm³/mol.